The summed E-state index contributed by atoms with van der Waals surface area (Å²) in [6.07, 6.45) is 4.92. The Balaban J connectivity index is 0.00000261. The van der Waals surface area contributed by atoms with Gasteiger partial charge in [0.1, 0.15) is 6.10 Å². The average Bonchev–Trinajstić information content (AvgIpc) is 3.20. The number of aliphatic imine (C=N–C) groups is 1. The van der Waals surface area contributed by atoms with Crippen LogP contribution in [0.25, 0.3) is 0 Å². The van der Waals surface area contributed by atoms with Gasteiger partial charge in [0.05, 0.1) is 25.0 Å². The van der Waals surface area contributed by atoms with Crippen molar-refractivity contribution in [3.05, 3.63) is 35.4 Å². The Morgan fingerprint density at radius 3 is 2.85 bits per heavy atom. The number of halogens is 1. The van der Waals surface area contributed by atoms with Gasteiger partial charge in [0.15, 0.2) is 5.96 Å². The maximum atomic E-state index is 5.91. The molecule has 0 radical (unpaired) electrons. The maximum Gasteiger partial charge on any atom is 0.193 e. The van der Waals surface area contributed by atoms with Crippen molar-refractivity contribution in [3.63, 3.8) is 0 Å². The van der Waals surface area contributed by atoms with E-state index in [1.54, 1.807) is 0 Å². The van der Waals surface area contributed by atoms with E-state index in [-0.39, 0.29) is 30.1 Å². The summed E-state index contributed by atoms with van der Waals surface area (Å²) in [6, 6.07) is 2.11. The van der Waals surface area contributed by atoms with Crippen LogP contribution in [0.15, 0.2) is 23.5 Å². The van der Waals surface area contributed by atoms with E-state index in [0.29, 0.717) is 6.61 Å². The number of aryl methyl sites for hydroxylation is 4. The number of rotatable bonds is 5. The molecule has 2 aromatic heterocycles. The molecule has 150 valence electrons. The molecule has 8 nitrogen and oxygen atoms in total. The van der Waals surface area contributed by atoms with Crippen molar-refractivity contribution < 1.29 is 4.74 Å². The van der Waals surface area contributed by atoms with Gasteiger partial charge in [-0.25, -0.2) is 0 Å². The van der Waals surface area contributed by atoms with Crippen LogP contribution >= 0.6 is 24.0 Å². The van der Waals surface area contributed by atoms with E-state index in [0.717, 1.165) is 49.8 Å². The number of morpholine rings is 1. The Labute approximate surface area is 178 Å². The number of nitrogens with one attached hydrogen (secondary N) is 1. The molecule has 1 fully saturated rings. The molecule has 0 saturated carbocycles. The van der Waals surface area contributed by atoms with E-state index < -0.39 is 0 Å². The van der Waals surface area contributed by atoms with Crippen molar-refractivity contribution in [1.82, 2.24) is 29.8 Å². The molecule has 1 saturated heterocycles. The van der Waals surface area contributed by atoms with E-state index >= 15 is 0 Å². The van der Waals surface area contributed by atoms with Gasteiger partial charge in [-0.1, -0.05) is 0 Å². The van der Waals surface area contributed by atoms with Crippen LogP contribution in [0, 0.1) is 13.8 Å². The smallest absolute Gasteiger partial charge is 0.193 e. The SMILES string of the molecule is CN=C(NCCCn1nc(C)cc1C)N1CCOC(c2cnn(C)c2)C1.I. The lowest BCUT2D eigenvalue weighted by Crippen LogP contribution is -2.48. The van der Waals surface area contributed by atoms with Crippen LogP contribution < -0.4 is 5.32 Å². The van der Waals surface area contributed by atoms with Gasteiger partial charge < -0.3 is 15.0 Å². The number of guanidine groups is 1. The Morgan fingerprint density at radius 1 is 1.41 bits per heavy atom. The summed E-state index contributed by atoms with van der Waals surface area (Å²) in [6.45, 7) is 8.20. The quantitative estimate of drug-likeness (QED) is 0.302. The topological polar surface area (TPSA) is 72.5 Å². The molecule has 0 aliphatic carbocycles. The molecule has 1 atom stereocenters. The predicted molar refractivity (Wildman–Crippen MR) is 117 cm³/mol. The molecule has 0 spiro atoms. The molecule has 9 heteroatoms. The summed E-state index contributed by atoms with van der Waals surface area (Å²) < 4.78 is 9.78. The molecule has 1 unspecified atom stereocenters. The minimum atomic E-state index is 0. The van der Waals surface area contributed by atoms with Gasteiger partial charge in [0.25, 0.3) is 0 Å². The average molecular weight is 487 g/mol. The first-order valence-corrected chi connectivity index (χ1v) is 9.13. The molecular formula is C18H30IN7O. The highest BCUT2D eigenvalue weighted by Gasteiger charge is 2.24. The molecule has 3 rings (SSSR count). The zero-order valence-corrected chi connectivity index (χ0v) is 18.9. The lowest BCUT2D eigenvalue weighted by Gasteiger charge is -2.34. The second-order valence-corrected chi connectivity index (χ2v) is 6.73. The summed E-state index contributed by atoms with van der Waals surface area (Å²) >= 11 is 0. The molecule has 1 N–H and O–H groups in total. The highest BCUT2D eigenvalue weighted by atomic mass is 127. The number of nitrogens with zero attached hydrogens (tertiary/aromatic N) is 6. The number of hydrogen-bond donors (Lipinski definition) is 1. The molecular weight excluding hydrogens is 457 g/mol. The molecule has 27 heavy (non-hydrogen) atoms. The van der Waals surface area contributed by atoms with Crippen LogP contribution in [-0.4, -0.2) is 63.7 Å². The van der Waals surface area contributed by atoms with Gasteiger partial charge in [-0.2, -0.15) is 10.2 Å². The predicted octanol–water partition coefficient (Wildman–Crippen LogP) is 1.89. The van der Waals surface area contributed by atoms with E-state index in [2.05, 4.69) is 43.1 Å². The maximum absolute atomic E-state index is 5.91. The fraction of sp³-hybridized carbons (Fsp3) is 0.611. The van der Waals surface area contributed by atoms with Crippen molar-refractivity contribution in [2.75, 3.05) is 33.3 Å². The normalized spacial score (nSPS) is 17.7. The molecule has 3 heterocycles. The number of ether oxygens (including phenoxy) is 1. The lowest BCUT2D eigenvalue weighted by atomic mass is 10.1. The van der Waals surface area contributed by atoms with Crippen LogP contribution in [0.2, 0.25) is 0 Å². The van der Waals surface area contributed by atoms with Crippen molar-refractivity contribution in [2.45, 2.75) is 32.9 Å². The first-order chi connectivity index (χ1) is 12.6. The molecule has 0 bridgehead atoms. The van der Waals surface area contributed by atoms with Crippen molar-refractivity contribution in [1.29, 1.82) is 0 Å². The summed E-state index contributed by atoms with van der Waals surface area (Å²) in [5.74, 6) is 0.926. The van der Waals surface area contributed by atoms with Gasteiger partial charge in [0, 0.05) is 51.2 Å². The monoisotopic (exact) mass is 487 g/mol. The second-order valence-electron chi connectivity index (χ2n) is 6.73. The Hall–Kier alpha value is -1.62. The second kappa shape index (κ2) is 10.1. The fourth-order valence-corrected chi connectivity index (χ4v) is 3.31. The minimum absolute atomic E-state index is 0. The highest BCUT2D eigenvalue weighted by Crippen LogP contribution is 2.21. The molecule has 1 aliphatic heterocycles. The highest BCUT2D eigenvalue weighted by molar-refractivity contribution is 14.0. The molecule has 1 aliphatic rings. The Kier molecular flexibility index (Phi) is 8.08. The van der Waals surface area contributed by atoms with Gasteiger partial charge in [-0.15, -0.1) is 24.0 Å². The van der Waals surface area contributed by atoms with E-state index in [9.17, 15) is 0 Å². The fourth-order valence-electron chi connectivity index (χ4n) is 3.31. The third kappa shape index (κ3) is 5.68. The van der Waals surface area contributed by atoms with Crippen LogP contribution in [-0.2, 0) is 18.3 Å². The van der Waals surface area contributed by atoms with E-state index in [1.807, 2.05) is 38.1 Å². The largest absolute Gasteiger partial charge is 0.370 e. The van der Waals surface area contributed by atoms with Gasteiger partial charge >= 0.3 is 0 Å². The summed E-state index contributed by atoms with van der Waals surface area (Å²) in [4.78, 5) is 6.70. The summed E-state index contributed by atoms with van der Waals surface area (Å²) in [5, 5.41) is 12.2. The van der Waals surface area contributed by atoms with Crippen LogP contribution in [0.5, 0.6) is 0 Å². The minimum Gasteiger partial charge on any atom is -0.370 e. The van der Waals surface area contributed by atoms with Crippen molar-refractivity contribution >= 4 is 29.9 Å². The van der Waals surface area contributed by atoms with Crippen LogP contribution in [0.1, 0.15) is 29.5 Å². The first kappa shape index (κ1) is 21.7. The third-order valence-corrected chi connectivity index (χ3v) is 4.61. The van der Waals surface area contributed by atoms with Gasteiger partial charge in [-0.05, 0) is 26.3 Å². The summed E-state index contributed by atoms with van der Waals surface area (Å²) in [7, 11) is 3.76. The van der Waals surface area contributed by atoms with Crippen LogP contribution in [0.4, 0.5) is 0 Å². The third-order valence-electron chi connectivity index (χ3n) is 4.61. The lowest BCUT2D eigenvalue weighted by molar-refractivity contribution is -0.00802. The molecule has 2 aromatic rings. The Morgan fingerprint density at radius 2 is 2.22 bits per heavy atom. The van der Waals surface area contributed by atoms with Crippen LogP contribution in [0.3, 0.4) is 0 Å². The standard InChI is InChI=1S/C18H29N7O.HI/c1-14-10-15(2)25(22-14)7-5-6-20-18(19-3)24-8-9-26-17(13-24)16-11-21-23(4)12-16;/h10-12,17H,5-9,13H2,1-4H3,(H,19,20);1H. The van der Waals surface area contributed by atoms with Crippen molar-refractivity contribution in [3.8, 4) is 0 Å². The van der Waals surface area contributed by atoms with Gasteiger partial charge in [-0.3, -0.25) is 14.4 Å². The molecule has 0 amide bonds. The number of aromatic nitrogens is 4. The van der Waals surface area contributed by atoms with E-state index in [1.165, 1.54) is 5.69 Å². The number of hydrogen-bond acceptors (Lipinski definition) is 4. The first-order valence-electron chi connectivity index (χ1n) is 9.13. The zero-order valence-electron chi connectivity index (χ0n) is 16.6. The molecule has 0 aromatic carbocycles. The Bertz CT molecular complexity index is 755. The van der Waals surface area contributed by atoms with E-state index in [4.69, 9.17) is 4.74 Å². The van der Waals surface area contributed by atoms with Crippen molar-refractivity contribution in [2.24, 2.45) is 12.0 Å². The zero-order chi connectivity index (χ0) is 18.5. The van der Waals surface area contributed by atoms with Gasteiger partial charge in [0.2, 0.25) is 0 Å². The summed E-state index contributed by atoms with van der Waals surface area (Å²) in [5.41, 5.74) is 3.39.